The summed E-state index contributed by atoms with van der Waals surface area (Å²) in [5, 5.41) is 3.59. The average molecular weight is 291 g/mol. The molecule has 120 valence electrons. The summed E-state index contributed by atoms with van der Waals surface area (Å²) in [6, 6.07) is 8.39. The van der Waals surface area contributed by atoms with Crippen LogP contribution in [-0.2, 0) is 6.54 Å². The Balaban J connectivity index is 2.37. The van der Waals surface area contributed by atoms with Gasteiger partial charge >= 0.3 is 0 Å². The fourth-order valence-electron chi connectivity index (χ4n) is 2.49. The van der Waals surface area contributed by atoms with Crippen LogP contribution in [0.15, 0.2) is 24.3 Å². The van der Waals surface area contributed by atoms with Crippen molar-refractivity contribution in [3.8, 4) is 5.75 Å². The second-order valence-electron chi connectivity index (χ2n) is 7.04. The number of hydrogen-bond acceptors (Lipinski definition) is 2. The summed E-state index contributed by atoms with van der Waals surface area (Å²) < 4.78 is 5.74. The molecule has 0 atom stereocenters. The molecule has 0 fully saturated rings. The highest BCUT2D eigenvalue weighted by Gasteiger charge is 2.16. The van der Waals surface area contributed by atoms with Crippen LogP contribution in [0.3, 0.4) is 0 Å². The maximum Gasteiger partial charge on any atom is 0.120 e. The molecule has 1 rings (SSSR count). The van der Waals surface area contributed by atoms with Gasteiger partial charge < -0.3 is 10.1 Å². The van der Waals surface area contributed by atoms with Crippen LogP contribution in [0.5, 0.6) is 5.75 Å². The number of nitrogens with one attached hydrogen (secondary N) is 1. The van der Waals surface area contributed by atoms with Gasteiger partial charge in [0.1, 0.15) is 5.75 Å². The molecule has 2 heteroatoms. The van der Waals surface area contributed by atoms with Gasteiger partial charge in [-0.25, -0.2) is 0 Å². The van der Waals surface area contributed by atoms with E-state index in [1.54, 1.807) is 0 Å². The van der Waals surface area contributed by atoms with Gasteiger partial charge in [-0.15, -0.1) is 0 Å². The van der Waals surface area contributed by atoms with Crippen LogP contribution in [0.2, 0.25) is 0 Å². The molecule has 0 bridgehead atoms. The quantitative estimate of drug-likeness (QED) is 0.600. The van der Waals surface area contributed by atoms with Gasteiger partial charge in [-0.3, -0.25) is 0 Å². The summed E-state index contributed by atoms with van der Waals surface area (Å²) in [7, 11) is 0. The van der Waals surface area contributed by atoms with Crippen molar-refractivity contribution >= 4 is 0 Å². The van der Waals surface area contributed by atoms with Gasteiger partial charge in [-0.05, 0) is 43.4 Å². The summed E-state index contributed by atoms with van der Waals surface area (Å²) in [6.07, 6.45) is 5.50. The van der Waals surface area contributed by atoms with Crippen molar-refractivity contribution in [3.05, 3.63) is 29.8 Å². The zero-order valence-corrected chi connectivity index (χ0v) is 14.5. The summed E-state index contributed by atoms with van der Waals surface area (Å²) in [6.45, 7) is 13.1. The minimum atomic E-state index is 0.228. The molecular formula is C19H33NO. The molecule has 0 spiro atoms. The molecule has 1 N–H and O–H groups in total. The van der Waals surface area contributed by atoms with Crippen LogP contribution in [-0.4, -0.2) is 12.6 Å². The molecule has 1 aromatic rings. The fourth-order valence-corrected chi connectivity index (χ4v) is 2.49. The van der Waals surface area contributed by atoms with E-state index in [4.69, 9.17) is 4.74 Å². The van der Waals surface area contributed by atoms with E-state index in [0.717, 1.165) is 18.8 Å². The molecule has 21 heavy (non-hydrogen) atoms. The first-order valence-corrected chi connectivity index (χ1v) is 8.39. The lowest BCUT2D eigenvalue weighted by Gasteiger charge is -2.25. The predicted octanol–water partition coefficient (Wildman–Crippen LogP) is 5.17. The third-order valence-corrected chi connectivity index (χ3v) is 3.66. The minimum absolute atomic E-state index is 0.228. The smallest absolute Gasteiger partial charge is 0.120 e. The Morgan fingerprint density at radius 2 is 1.95 bits per heavy atom. The topological polar surface area (TPSA) is 21.3 Å². The van der Waals surface area contributed by atoms with Gasteiger partial charge in [-0.2, -0.15) is 0 Å². The monoisotopic (exact) mass is 291 g/mol. The summed E-state index contributed by atoms with van der Waals surface area (Å²) in [4.78, 5) is 0. The van der Waals surface area contributed by atoms with Crippen LogP contribution in [0.1, 0.15) is 65.9 Å². The first kappa shape index (κ1) is 18.0. The maximum absolute atomic E-state index is 5.74. The Kier molecular flexibility index (Phi) is 7.81. The van der Waals surface area contributed by atoms with Gasteiger partial charge in [0, 0.05) is 13.1 Å². The molecule has 0 aromatic heterocycles. The van der Waals surface area contributed by atoms with E-state index in [9.17, 15) is 0 Å². The largest absolute Gasteiger partial charge is 0.491 e. The van der Waals surface area contributed by atoms with Crippen LogP contribution in [0, 0.1) is 5.41 Å². The molecule has 0 aliphatic rings. The Bertz CT molecular complexity index is 398. The predicted molar refractivity (Wildman–Crippen MR) is 91.8 cm³/mol. The molecule has 0 aliphatic heterocycles. The Labute approximate surface area is 131 Å². The fraction of sp³-hybridized carbons (Fsp3) is 0.684. The number of rotatable bonds is 10. The normalized spacial score (nSPS) is 11.9. The standard InChI is InChI=1S/C19H33NO/c1-6-7-8-12-19(4,5)15-20-14-17-10-9-11-18(13-17)21-16(2)3/h9-11,13,16,20H,6-8,12,14-15H2,1-5H3. The van der Waals surface area contributed by atoms with Crippen molar-refractivity contribution < 1.29 is 4.74 Å². The molecule has 0 aliphatic carbocycles. The van der Waals surface area contributed by atoms with Crippen LogP contribution < -0.4 is 10.1 Å². The Hall–Kier alpha value is -1.02. The van der Waals surface area contributed by atoms with Gasteiger partial charge in [0.25, 0.3) is 0 Å². The van der Waals surface area contributed by atoms with E-state index < -0.39 is 0 Å². The first-order valence-electron chi connectivity index (χ1n) is 8.39. The average Bonchev–Trinajstić information content (AvgIpc) is 2.38. The zero-order valence-electron chi connectivity index (χ0n) is 14.5. The SMILES string of the molecule is CCCCCC(C)(C)CNCc1cccc(OC(C)C)c1. The number of unbranched alkanes of at least 4 members (excludes halogenated alkanes) is 2. The van der Waals surface area contributed by atoms with Crippen LogP contribution >= 0.6 is 0 Å². The van der Waals surface area contributed by atoms with Crippen molar-refractivity contribution in [2.24, 2.45) is 5.41 Å². The molecule has 0 saturated carbocycles. The van der Waals surface area contributed by atoms with Crippen molar-refractivity contribution in [3.63, 3.8) is 0 Å². The second-order valence-corrected chi connectivity index (χ2v) is 7.04. The van der Waals surface area contributed by atoms with Gasteiger partial charge in [-0.1, -0.05) is 52.2 Å². The molecule has 0 unspecified atom stereocenters. The molecule has 1 aromatic carbocycles. The zero-order chi connectivity index (χ0) is 15.7. The molecular weight excluding hydrogens is 258 g/mol. The van der Waals surface area contributed by atoms with Gasteiger partial charge in [0.2, 0.25) is 0 Å². The van der Waals surface area contributed by atoms with Crippen molar-refractivity contribution in [2.45, 2.75) is 73.0 Å². The van der Waals surface area contributed by atoms with E-state index in [0.29, 0.717) is 5.41 Å². The van der Waals surface area contributed by atoms with E-state index in [1.165, 1.54) is 31.2 Å². The number of ether oxygens (including phenoxy) is 1. The minimum Gasteiger partial charge on any atom is -0.491 e. The van der Waals surface area contributed by atoms with Gasteiger partial charge in [0.05, 0.1) is 6.10 Å². The Morgan fingerprint density at radius 3 is 2.62 bits per heavy atom. The van der Waals surface area contributed by atoms with Crippen LogP contribution in [0.4, 0.5) is 0 Å². The first-order chi connectivity index (χ1) is 9.93. The molecule has 0 heterocycles. The molecule has 0 amide bonds. The highest BCUT2D eigenvalue weighted by Crippen LogP contribution is 2.23. The van der Waals surface area contributed by atoms with E-state index >= 15 is 0 Å². The van der Waals surface area contributed by atoms with E-state index in [2.05, 4.69) is 58.1 Å². The highest BCUT2D eigenvalue weighted by atomic mass is 16.5. The molecule has 0 radical (unpaired) electrons. The van der Waals surface area contributed by atoms with Crippen molar-refractivity contribution in [1.82, 2.24) is 5.32 Å². The summed E-state index contributed by atoms with van der Waals surface area (Å²) in [5.74, 6) is 0.964. The third kappa shape index (κ3) is 8.11. The lowest BCUT2D eigenvalue weighted by molar-refractivity contribution is 0.242. The molecule has 0 saturated heterocycles. The maximum atomic E-state index is 5.74. The van der Waals surface area contributed by atoms with Crippen molar-refractivity contribution in [1.29, 1.82) is 0 Å². The van der Waals surface area contributed by atoms with E-state index in [1.807, 2.05) is 6.07 Å². The number of benzene rings is 1. The van der Waals surface area contributed by atoms with E-state index in [-0.39, 0.29) is 6.10 Å². The lowest BCUT2D eigenvalue weighted by atomic mass is 9.87. The second kappa shape index (κ2) is 9.09. The van der Waals surface area contributed by atoms with Crippen molar-refractivity contribution in [2.75, 3.05) is 6.54 Å². The summed E-state index contributed by atoms with van der Waals surface area (Å²) >= 11 is 0. The third-order valence-electron chi connectivity index (χ3n) is 3.66. The lowest BCUT2D eigenvalue weighted by Crippen LogP contribution is -2.29. The Morgan fingerprint density at radius 1 is 1.19 bits per heavy atom. The number of hydrogen-bond donors (Lipinski definition) is 1. The highest BCUT2D eigenvalue weighted by molar-refractivity contribution is 5.28. The summed E-state index contributed by atoms with van der Waals surface area (Å²) in [5.41, 5.74) is 1.67. The van der Waals surface area contributed by atoms with Gasteiger partial charge in [0.15, 0.2) is 0 Å². The molecule has 2 nitrogen and oxygen atoms in total. The van der Waals surface area contributed by atoms with Crippen LogP contribution in [0.25, 0.3) is 0 Å².